The highest BCUT2D eigenvalue weighted by molar-refractivity contribution is 5.96. The van der Waals surface area contributed by atoms with Crippen LogP contribution in [0.5, 0.6) is 11.5 Å². The second kappa shape index (κ2) is 9.11. The fourth-order valence-corrected chi connectivity index (χ4v) is 4.31. The minimum atomic E-state index is -0.946. The van der Waals surface area contributed by atoms with E-state index in [9.17, 15) is 19.7 Å². The van der Waals surface area contributed by atoms with Crippen molar-refractivity contribution < 1.29 is 28.7 Å². The molecular weight excluding hydrogens is 380 g/mol. The van der Waals surface area contributed by atoms with E-state index in [1.54, 1.807) is 4.90 Å². The number of ether oxygens (including phenoxy) is 3. The molecule has 0 N–H and O–H groups in total. The number of hydrogen-bond acceptors (Lipinski definition) is 7. The number of piperidine rings is 1. The lowest BCUT2D eigenvalue weighted by atomic mass is 9.75. The summed E-state index contributed by atoms with van der Waals surface area (Å²) in [7, 11) is 2.70. The molecule has 0 aromatic heterocycles. The van der Waals surface area contributed by atoms with Crippen LogP contribution < -0.4 is 9.47 Å². The third kappa shape index (κ3) is 4.60. The van der Waals surface area contributed by atoms with Gasteiger partial charge in [0.05, 0.1) is 25.2 Å². The Kier molecular flexibility index (Phi) is 6.56. The van der Waals surface area contributed by atoms with Crippen molar-refractivity contribution in [3.63, 3.8) is 0 Å². The van der Waals surface area contributed by atoms with E-state index in [0.717, 1.165) is 18.9 Å². The molecule has 0 radical (unpaired) electrons. The highest BCUT2D eigenvalue weighted by Crippen LogP contribution is 2.36. The van der Waals surface area contributed by atoms with Gasteiger partial charge in [0.1, 0.15) is 5.56 Å². The number of fused-ring (bicyclic) bond motifs is 1. The zero-order valence-corrected chi connectivity index (χ0v) is 16.7. The predicted molar refractivity (Wildman–Crippen MR) is 103 cm³/mol. The number of likely N-dealkylation sites (tertiary alicyclic amines) is 1. The number of carbonyl (C=O) groups is 2. The summed E-state index contributed by atoms with van der Waals surface area (Å²) in [5.41, 5.74) is -0.755. The Balaban J connectivity index is 1.65. The molecule has 9 nitrogen and oxygen atoms in total. The maximum Gasteiger partial charge on any atom is 0.345 e. The van der Waals surface area contributed by atoms with Crippen molar-refractivity contribution in [2.24, 2.45) is 11.8 Å². The van der Waals surface area contributed by atoms with Crippen molar-refractivity contribution in [1.82, 2.24) is 4.90 Å². The number of nitro groups is 1. The van der Waals surface area contributed by atoms with Crippen LogP contribution >= 0.6 is 0 Å². The van der Waals surface area contributed by atoms with Crippen molar-refractivity contribution in [3.05, 3.63) is 27.8 Å². The van der Waals surface area contributed by atoms with Crippen LogP contribution in [-0.4, -0.2) is 55.6 Å². The van der Waals surface area contributed by atoms with Crippen LogP contribution in [0.25, 0.3) is 0 Å². The van der Waals surface area contributed by atoms with Crippen molar-refractivity contribution in [1.29, 1.82) is 0 Å². The van der Waals surface area contributed by atoms with Crippen LogP contribution in [0.3, 0.4) is 0 Å². The number of nitro benzene ring substituents is 1. The first-order valence-corrected chi connectivity index (χ1v) is 9.80. The SMILES string of the molecule is COc1cc(C(=O)OCC(=O)N2CC[C@@H]3CCCC[C@@H]3C2)c([N+](=O)[O-])cc1OC. The van der Waals surface area contributed by atoms with Crippen molar-refractivity contribution in [2.45, 2.75) is 32.1 Å². The quantitative estimate of drug-likeness (QED) is 0.406. The molecule has 1 aromatic rings. The Morgan fingerprint density at radius 1 is 1.10 bits per heavy atom. The number of nitrogens with zero attached hydrogens (tertiary/aromatic N) is 2. The molecule has 1 saturated carbocycles. The standard InChI is InChI=1S/C20H26N2O7/c1-27-17-9-15(16(22(25)26)10-18(17)28-2)20(24)29-12-19(23)21-8-7-13-5-3-4-6-14(13)11-21/h9-10,13-14H,3-8,11-12H2,1-2H3/t13-,14+/m0/s1. The van der Waals surface area contributed by atoms with Gasteiger partial charge in [-0.2, -0.15) is 0 Å². The molecular formula is C20H26N2O7. The molecule has 9 heteroatoms. The van der Waals surface area contributed by atoms with Crippen LogP contribution in [0.2, 0.25) is 0 Å². The summed E-state index contributed by atoms with van der Waals surface area (Å²) in [6.45, 7) is 0.910. The number of esters is 1. The van der Waals surface area contributed by atoms with Gasteiger partial charge in [-0.05, 0) is 24.7 Å². The van der Waals surface area contributed by atoms with Gasteiger partial charge in [-0.25, -0.2) is 4.79 Å². The fourth-order valence-electron chi connectivity index (χ4n) is 4.31. The van der Waals surface area contributed by atoms with Crippen LogP contribution in [0.15, 0.2) is 12.1 Å². The van der Waals surface area contributed by atoms with E-state index in [1.165, 1.54) is 39.5 Å². The van der Waals surface area contributed by atoms with Gasteiger partial charge in [-0.1, -0.05) is 19.3 Å². The average Bonchev–Trinajstić information content (AvgIpc) is 2.75. The molecule has 0 bridgehead atoms. The molecule has 1 saturated heterocycles. The van der Waals surface area contributed by atoms with Gasteiger partial charge in [-0.15, -0.1) is 0 Å². The smallest absolute Gasteiger partial charge is 0.345 e. The van der Waals surface area contributed by atoms with Gasteiger partial charge < -0.3 is 19.1 Å². The van der Waals surface area contributed by atoms with Crippen molar-refractivity contribution in [2.75, 3.05) is 33.9 Å². The predicted octanol–water partition coefficient (Wildman–Crippen LogP) is 2.81. The third-order valence-corrected chi connectivity index (χ3v) is 5.89. The second-order valence-electron chi connectivity index (χ2n) is 7.49. The molecule has 2 fully saturated rings. The molecule has 1 aliphatic carbocycles. The highest BCUT2D eigenvalue weighted by atomic mass is 16.6. The van der Waals surface area contributed by atoms with Crippen LogP contribution in [-0.2, 0) is 9.53 Å². The molecule has 3 rings (SSSR count). The van der Waals surface area contributed by atoms with E-state index in [1.807, 2.05) is 0 Å². The minimum Gasteiger partial charge on any atom is -0.493 e. The number of carbonyl (C=O) groups excluding carboxylic acids is 2. The third-order valence-electron chi connectivity index (χ3n) is 5.89. The second-order valence-corrected chi connectivity index (χ2v) is 7.49. The molecule has 2 aliphatic rings. The molecule has 0 spiro atoms. The van der Waals surface area contributed by atoms with Crippen LogP contribution in [0.1, 0.15) is 42.5 Å². The Morgan fingerprint density at radius 3 is 2.41 bits per heavy atom. The van der Waals surface area contributed by atoms with Crippen LogP contribution in [0.4, 0.5) is 5.69 Å². The number of amides is 1. The monoisotopic (exact) mass is 406 g/mol. The average molecular weight is 406 g/mol. The van der Waals surface area contributed by atoms with Gasteiger partial charge in [0.15, 0.2) is 18.1 Å². The van der Waals surface area contributed by atoms with E-state index < -0.39 is 23.2 Å². The largest absolute Gasteiger partial charge is 0.493 e. The first-order chi connectivity index (χ1) is 13.9. The molecule has 1 aromatic carbocycles. The molecule has 1 amide bonds. The number of hydrogen-bond donors (Lipinski definition) is 0. The Morgan fingerprint density at radius 2 is 1.76 bits per heavy atom. The zero-order valence-electron chi connectivity index (χ0n) is 16.7. The summed E-state index contributed by atoms with van der Waals surface area (Å²) in [4.78, 5) is 37.4. The summed E-state index contributed by atoms with van der Waals surface area (Å²) in [6, 6.07) is 2.29. The molecule has 1 aliphatic heterocycles. The Bertz CT molecular complexity index is 795. The lowest BCUT2D eigenvalue weighted by Gasteiger charge is -2.41. The fraction of sp³-hybridized carbons (Fsp3) is 0.600. The van der Waals surface area contributed by atoms with Crippen molar-refractivity contribution >= 4 is 17.6 Å². The summed E-state index contributed by atoms with van der Waals surface area (Å²) in [5.74, 6) is 0.274. The summed E-state index contributed by atoms with van der Waals surface area (Å²) in [5, 5.41) is 11.3. The molecule has 29 heavy (non-hydrogen) atoms. The Hall–Kier alpha value is -2.84. The zero-order chi connectivity index (χ0) is 21.0. The minimum absolute atomic E-state index is 0.127. The van der Waals surface area contributed by atoms with E-state index in [2.05, 4.69) is 0 Å². The summed E-state index contributed by atoms with van der Waals surface area (Å²) >= 11 is 0. The van der Waals surface area contributed by atoms with Gasteiger partial charge >= 0.3 is 5.97 Å². The first kappa shape index (κ1) is 20.9. The van der Waals surface area contributed by atoms with Crippen molar-refractivity contribution in [3.8, 4) is 11.5 Å². The summed E-state index contributed by atoms with van der Waals surface area (Å²) in [6.07, 6.45) is 5.79. The summed E-state index contributed by atoms with van der Waals surface area (Å²) < 4.78 is 15.3. The van der Waals surface area contributed by atoms with E-state index in [4.69, 9.17) is 14.2 Å². The maximum absolute atomic E-state index is 12.5. The first-order valence-electron chi connectivity index (χ1n) is 9.80. The number of rotatable bonds is 6. The van der Waals surface area contributed by atoms with Gasteiger partial charge in [-0.3, -0.25) is 14.9 Å². The molecule has 158 valence electrons. The Labute approximate surface area is 169 Å². The number of methoxy groups -OCH3 is 2. The van der Waals surface area contributed by atoms with E-state index >= 15 is 0 Å². The molecule has 2 atom stereocenters. The number of benzene rings is 1. The van der Waals surface area contributed by atoms with E-state index in [0.29, 0.717) is 24.9 Å². The van der Waals surface area contributed by atoms with E-state index in [-0.39, 0.29) is 23.0 Å². The maximum atomic E-state index is 12.5. The van der Waals surface area contributed by atoms with Gasteiger partial charge in [0.2, 0.25) is 0 Å². The molecule has 1 heterocycles. The normalized spacial score (nSPS) is 21.1. The topological polar surface area (TPSA) is 108 Å². The lowest BCUT2D eigenvalue weighted by molar-refractivity contribution is -0.385. The van der Waals surface area contributed by atoms with Gasteiger partial charge in [0.25, 0.3) is 11.6 Å². The highest BCUT2D eigenvalue weighted by Gasteiger charge is 2.33. The van der Waals surface area contributed by atoms with Crippen LogP contribution in [0, 0.1) is 22.0 Å². The molecule has 0 unspecified atom stereocenters. The van der Waals surface area contributed by atoms with Gasteiger partial charge in [0, 0.05) is 19.2 Å². The lowest BCUT2D eigenvalue weighted by Crippen LogP contribution is -2.46.